The molecule has 15 heavy (non-hydrogen) atoms. The van der Waals surface area contributed by atoms with Crippen LogP contribution in [0, 0.1) is 0 Å². The molecular formula is C8H9KNO5+. The van der Waals surface area contributed by atoms with Crippen LogP contribution in [0.4, 0.5) is 0 Å². The van der Waals surface area contributed by atoms with Gasteiger partial charge in [-0.1, -0.05) is 0 Å². The summed E-state index contributed by atoms with van der Waals surface area (Å²) in [6.07, 6.45) is 1.03. The molecule has 0 radical (unpaired) electrons. The normalized spacial score (nSPS) is 30.3. The number of β-lactam (4-membered cyclic amide) rings is 1. The fourth-order valence-electron chi connectivity index (χ4n) is 1.66. The van der Waals surface area contributed by atoms with Crippen LogP contribution in [0.1, 0.15) is 6.42 Å². The van der Waals surface area contributed by atoms with Crippen molar-refractivity contribution in [1.82, 2.24) is 4.90 Å². The number of carboxylic acids is 1. The third-order valence-corrected chi connectivity index (χ3v) is 2.29. The predicted octanol–water partition coefficient (Wildman–Crippen LogP) is -4.09. The van der Waals surface area contributed by atoms with Crippen LogP contribution in [-0.4, -0.2) is 45.9 Å². The quantitative estimate of drug-likeness (QED) is 0.377. The van der Waals surface area contributed by atoms with Crippen molar-refractivity contribution in [2.75, 3.05) is 6.61 Å². The van der Waals surface area contributed by atoms with Gasteiger partial charge in [-0.2, -0.15) is 0 Å². The van der Waals surface area contributed by atoms with Gasteiger partial charge in [0.2, 0.25) is 5.91 Å². The number of aliphatic carboxylic acids is 1. The van der Waals surface area contributed by atoms with E-state index in [0.717, 1.165) is 0 Å². The van der Waals surface area contributed by atoms with Crippen LogP contribution in [0.25, 0.3) is 0 Å². The number of hydrogen-bond acceptors (Lipinski definition) is 4. The van der Waals surface area contributed by atoms with Gasteiger partial charge >= 0.3 is 57.4 Å². The zero-order chi connectivity index (χ0) is 10.3. The first-order chi connectivity index (χ1) is 6.65. The Kier molecular flexibility index (Phi) is 4.33. The molecule has 0 aromatic heterocycles. The molecule has 0 aromatic carbocycles. The summed E-state index contributed by atoms with van der Waals surface area (Å²) in [7, 11) is 0. The second-order valence-corrected chi connectivity index (χ2v) is 3.11. The molecule has 2 fully saturated rings. The molecule has 2 aliphatic heterocycles. The Morgan fingerprint density at radius 2 is 2.33 bits per heavy atom. The topological polar surface area (TPSA) is 87.1 Å². The molecule has 76 valence electrons. The first-order valence-electron chi connectivity index (χ1n) is 4.16. The van der Waals surface area contributed by atoms with Gasteiger partial charge in [0.1, 0.15) is 5.76 Å². The number of nitrogens with zero attached hydrogens (tertiary/aromatic N) is 1. The standard InChI is InChI=1S/C8H9NO5.K/c10-2-1-4-7(8(12)13)9-5(11)3-6(9)14-4;/h1,6-7,10H,2-3H2,(H,12,13);/q;+1. The van der Waals surface area contributed by atoms with Gasteiger partial charge in [0.25, 0.3) is 0 Å². The van der Waals surface area contributed by atoms with Crippen molar-refractivity contribution < 1.29 is 75.9 Å². The zero-order valence-electron chi connectivity index (χ0n) is 8.21. The fourth-order valence-corrected chi connectivity index (χ4v) is 1.66. The molecule has 2 N–H and O–H groups in total. The maximum absolute atomic E-state index is 11.1. The van der Waals surface area contributed by atoms with E-state index >= 15 is 0 Å². The molecule has 0 aliphatic carbocycles. The van der Waals surface area contributed by atoms with Crippen molar-refractivity contribution in [3.63, 3.8) is 0 Å². The van der Waals surface area contributed by atoms with Gasteiger partial charge in [-0.25, -0.2) is 4.79 Å². The SMILES string of the molecule is O=C(O)C1C(=CCO)OC2CC(=O)N21.[K+]. The number of aliphatic hydroxyl groups excluding tert-OH is 1. The summed E-state index contributed by atoms with van der Waals surface area (Å²) in [6.45, 7) is -0.298. The van der Waals surface area contributed by atoms with Crippen LogP contribution in [0.3, 0.4) is 0 Å². The molecule has 1 amide bonds. The number of ether oxygens (including phenoxy) is 1. The molecule has 6 nitrogen and oxygen atoms in total. The minimum absolute atomic E-state index is 0. The monoisotopic (exact) mass is 238 g/mol. The van der Waals surface area contributed by atoms with Crippen LogP contribution in [0.2, 0.25) is 0 Å². The van der Waals surface area contributed by atoms with Gasteiger partial charge < -0.3 is 14.9 Å². The first kappa shape index (κ1) is 13.1. The van der Waals surface area contributed by atoms with Gasteiger partial charge in [0.05, 0.1) is 13.0 Å². The van der Waals surface area contributed by atoms with Crippen molar-refractivity contribution in [3.05, 3.63) is 11.8 Å². The number of carboxylic acid groups (broad SMARTS) is 1. The summed E-state index contributed by atoms with van der Waals surface area (Å²) in [6, 6.07) is -1.06. The van der Waals surface area contributed by atoms with Crippen molar-refractivity contribution >= 4 is 11.9 Å². The van der Waals surface area contributed by atoms with E-state index in [1.807, 2.05) is 0 Å². The molecule has 2 heterocycles. The van der Waals surface area contributed by atoms with E-state index in [9.17, 15) is 9.59 Å². The molecule has 2 saturated heterocycles. The third kappa shape index (κ3) is 2.13. The molecular weight excluding hydrogens is 229 g/mol. The zero-order valence-corrected chi connectivity index (χ0v) is 11.3. The number of carbonyl (C=O) groups is 2. The van der Waals surface area contributed by atoms with Crippen LogP contribution < -0.4 is 51.4 Å². The molecule has 2 unspecified atom stereocenters. The number of aliphatic hydroxyl groups is 1. The summed E-state index contributed by atoms with van der Waals surface area (Å²) in [5, 5.41) is 17.5. The van der Waals surface area contributed by atoms with E-state index in [2.05, 4.69) is 0 Å². The van der Waals surface area contributed by atoms with E-state index < -0.39 is 18.2 Å². The van der Waals surface area contributed by atoms with E-state index in [1.165, 1.54) is 11.0 Å². The number of fused-ring (bicyclic) bond motifs is 1. The summed E-state index contributed by atoms with van der Waals surface area (Å²) in [5.74, 6) is -1.22. The molecule has 2 aliphatic rings. The predicted molar refractivity (Wildman–Crippen MR) is 42.9 cm³/mol. The fraction of sp³-hybridized carbons (Fsp3) is 0.500. The third-order valence-electron chi connectivity index (χ3n) is 2.29. The largest absolute Gasteiger partial charge is 1.00 e. The Bertz CT molecular complexity index is 329. The summed E-state index contributed by atoms with van der Waals surface area (Å²) in [4.78, 5) is 23.1. The first-order valence-corrected chi connectivity index (χ1v) is 4.16. The van der Waals surface area contributed by atoms with Gasteiger partial charge in [-0.15, -0.1) is 0 Å². The molecule has 0 saturated carbocycles. The van der Waals surface area contributed by atoms with E-state index in [4.69, 9.17) is 14.9 Å². The van der Waals surface area contributed by atoms with Crippen molar-refractivity contribution in [2.45, 2.75) is 18.7 Å². The van der Waals surface area contributed by atoms with Crippen molar-refractivity contribution in [1.29, 1.82) is 0 Å². The van der Waals surface area contributed by atoms with Gasteiger partial charge in [-0.3, -0.25) is 9.69 Å². The number of hydrogen-bond donors (Lipinski definition) is 2. The number of amides is 1. The van der Waals surface area contributed by atoms with Crippen molar-refractivity contribution in [2.24, 2.45) is 0 Å². The summed E-state index contributed by atoms with van der Waals surface area (Å²) >= 11 is 0. The maximum Gasteiger partial charge on any atom is 1.00 e. The Hall–Kier alpha value is 0.0764. The van der Waals surface area contributed by atoms with Crippen LogP contribution >= 0.6 is 0 Å². The molecule has 7 heteroatoms. The molecule has 2 rings (SSSR count). The Balaban J connectivity index is 0.00000112. The van der Waals surface area contributed by atoms with E-state index in [0.29, 0.717) is 0 Å². The second-order valence-electron chi connectivity index (χ2n) is 3.11. The van der Waals surface area contributed by atoms with Gasteiger partial charge in [-0.05, 0) is 6.08 Å². The smallest absolute Gasteiger partial charge is 0.479 e. The molecule has 0 bridgehead atoms. The number of carbonyl (C=O) groups excluding carboxylic acids is 1. The second kappa shape index (κ2) is 4.94. The van der Waals surface area contributed by atoms with E-state index in [-0.39, 0.29) is 76.1 Å². The van der Waals surface area contributed by atoms with Crippen LogP contribution in [-0.2, 0) is 14.3 Å². The summed E-state index contributed by atoms with van der Waals surface area (Å²) in [5.41, 5.74) is 0. The van der Waals surface area contributed by atoms with Crippen molar-refractivity contribution in [3.8, 4) is 0 Å². The van der Waals surface area contributed by atoms with Crippen LogP contribution in [0.15, 0.2) is 11.8 Å². The average Bonchev–Trinajstić information content (AvgIpc) is 2.39. The molecule has 2 atom stereocenters. The average molecular weight is 238 g/mol. The molecule has 0 aromatic rings. The summed E-state index contributed by atoms with van der Waals surface area (Å²) < 4.78 is 5.17. The molecule has 0 spiro atoms. The Labute approximate surface area is 128 Å². The van der Waals surface area contributed by atoms with Gasteiger partial charge in [0.15, 0.2) is 12.3 Å². The Morgan fingerprint density at radius 3 is 2.80 bits per heavy atom. The minimum Gasteiger partial charge on any atom is -0.479 e. The Morgan fingerprint density at radius 1 is 1.67 bits per heavy atom. The minimum atomic E-state index is -1.14. The van der Waals surface area contributed by atoms with E-state index in [1.54, 1.807) is 0 Å². The van der Waals surface area contributed by atoms with Gasteiger partial charge in [0, 0.05) is 0 Å². The van der Waals surface area contributed by atoms with Crippen LogP contribution in [0.5, 0.6) is 0 Å². The maximum atomic E-state index is 11.1. The number of rotatable bonds is 2.